The zero-order chi connectivity index (χ0) is 14.3. The van der Waals surface area contributed by atoms with E-state index >= 15 is 0 Å². The van der Waals surface area contributed by atoms with Crippen LogP contribution in [0.1, 0.15) is 58.9 Å². The maximum atomic E-state index is 4.48. The minimum absolute atomic E-state index is 0.446. The van der Waals surface area contributed by atoms with Gasteiger partial charge in [-0.25, -0.2) is 9.97 Å². The molecule has 19 heavy (non-hydrogen) atoms. The molecule has 0 aliphatic heterocycles. The maximum absolute atomic E-state index is 4.48. The van der Waals surface area contributed by atoms with Crippen LogP contribution in [0.4, 0.5) is 5.82 Å². The Kier molecular flexibility index (Phi) is 7.21. The highest BCUT2D eigenvalue weighted by atomic mass is 32.2. The van der Waals surface area contributed by atoms with E-state index < -0.39 is 0 Å². The summed E-state index contributed by atoms with van der Waals surface area (Å²) >= 11 is 1.86. The molecule has 0 aromatic carbocycles. The van der Waals surface area contributed by atoms with Gasteiger partial charge in [-0.1, -0.05) is 34.6 Å². The Bertz CT molecular complexity index is 378. The fourth-order valence-electron chi connectivity index (χ4n) is 1.79. The summed E-state index contributed by atoms with van der Waals surface area (Å²) in [5, 5.41) is 4.56. The van der Waals surface area contributed by atoms with Crippen LogP contribution in [0.15, 0.2) is 11.4 Å². The SMILES string of the molecule is CCCNc1ncnc(SCCC(C)C)c1C(C)C. The third kappa shape index (κ3) is 5.39. The van der Waals surface area contributed by atoms with Crippen LogP contribution in [0.5, 0.6) is 0 Å². The van der Waals surface area contributed by atoms with E-state index in [1.165, 1.54) is 12.0 Å². The molecule has 1 aromatic heterocycles. The van der Waals surface area contributed by atoms with Crippen LogP contribution in [0.3, 0.4) is 0 Å². The Morgan fingerprint density at radius 3 is 2.53 bits per heavy atom. The van der Waals surface area contributed by atoms with Gasteiger partial charge in [0.2, 0.25) is 0 Å². The van der Waals surface area contributed by atoms with E-state index in [9.17, 15) is 0 Å². The second-order valence-corrected chi connectivity index (χ2v) is 6.64. The largest absolute Gasteiger partial charge is 0.370 e. The zero-order valence-electron chi connectivity index (χ0n) is 12.9. The number of anilines is 1. The van der Waals surface area contributed by atoms with Crippen LogP contribution < -0.4 is 5.32 Å². The highest BCUT2D eigenvalue weighted by molar-refractivity contribution is 7.99. The van der Waals surface area contributed by atoms with Crippen molar-refractivity contribution in [2.24, 2.45) is 5.92 Å². The fraction of sp³-hybridized carbons (Fsp3) is 0.733. The first-order chi connectivity index (χ1) is 9.06. The van der Waals surface area contributed by atoms with Crippen LogP contribution in [0.25, 0.3) is 0 Å². The molecule has 0 saturated carbocycles. The molecule has 0 spiro atoms. The molecule has 4 heteroatoms. The summed E-state index contributed by atoms with van der Waals surface area (Å²) in [4.78, 5) is 8.88. The van der Waals surface area contributed by atoms with Crippen LogP contribution >= 0.6 is 11.8 Å². The van der Waals surface area contributed by atoms with E-state index in [0.29, 0.717) is 5.92 Å². The second-order valence-electron chi connectivity index (χ2n) is 5.55. The Morgan fingerprint density at radius 2 is 1.95 bits per heavy atom. The molecule has 0 aliphatic carbocycles. The molecule has 0 aliphatic rings. The smallest absolute Gasteiger partial charge is 0.133 e. The summed E-state index contributed by atoms with van der Waals surface area (Å²) in [6.07, 6.45) is 4.02. The second kappa shape index (κ2) is 8.41. The molecule has 1 aromatic rings. The lowest BCUT2D eigenvalue weighted by atomic mass is 10.1. The molecule has 1 N–H and O–H groups in total. The molecule has 108 valence electrons. The number of thioether (sulfide) groups is 1. The predicted octanol–water partition coefficient (Wildman–Crippen LogP) is 4.56. The van der Waals surface area contributed by atoms with Gasteiger partial charge in [-0.3, -0.25) is 0 Å². The minimum Gasteiger partial charge on any atom is -0.370 e. The third-order valence-corrected chi connectivity index (χ3v) is 3.94. The number of hydrogen-bond donors (Lipinski definition) is 1. The van der Waals surface area contributed by atoms with Gasteiger partial charge in [0.1, 0.15) is 17.2 Å². The fourth-order valence-corrected chi connectivity index (χ4v) is 3.18. The molecule has 0 radical (unpaired) electrons. The van der Waals surface area contributed by atoms with E-state index in [1.54, 1.807) is 6.33 Å². The van der Waals surface area contributed by atoms with Crippen LogP contribution in [-0.2, 0) is 0 Å². The molecule has 0 saturated heterocycles. The lowest BCUT2D eigenvalue weighted by Crippen LogP contribution is -2.08. The number of aromatic nitrogens is 2. The average molecular weight is 281 g/mol. The third-order valence-electron chi connectivity index (χ3n) is 2.90. The minimum atomic E-state index is 0.446. The monoisotopic (exact) mass is 281 g/mol. The van der Waals surface area contributed by atoms with Gasteiger partial charge in [-0.15, -0.1) is 11.8 Å². The van der Waals surface area contributed by atoms with E-state index in [-0.39, 0.29) is 0 Å². The first kappa shape index (κ1) is 16.3. The van der Waals surface area contributed by atoms with Gasteiger partial charge in [-0.05, 0) is 30.4 Å². The lowest BCUT2D eigenvalue weighted by molar-refractivity contribution is 0.631. The average Bonchev–Trinajstić information content (AvgIpc) is 2.35. The van der Waals surface area contributed by atoms with Gasteiger partial charge in [-0.2, -0.15) is 0 Å². The van der Waals surface area contributed by atoms with Gasteiger partial charge in [0.05, 0.1) is 0 Å². The molecule has 0 atom stereocenters. The van der Waals surface area contributed by atoms with Gasteiger partial charge in [0, 0.05) is 12.1 Å². The van der Waals surface area contributed by atoms with Gasteiger partial charge in [0.25, 0.3) is 0 Å². The van der Waals surface area contributed by atoms with Crippen molar-refractivity contribution in [3.8, 4) is 0 Å². The summed E-state index contributed by atoms with van der Waals surface area (Å²) in [5.41, 5.74) is 1.27. The van der Waals surface area contributed by atoms with Gasteiger partial charge >= 0.3 is 0 Å². The molecule has 0 unspecified atom stereocenters. The van der Waals surface area contributed by atoms with Crippen molar-refractivity contribution < 1.29 is 0 Å². The summed E-state index contributed by atoms with van der Waals surface area (Å²) in [6, 6.07) is 0. The molecular formula is C15H27N3S. The van der Waals surface area contributed by atoms with Gasteiger partial charge < -0.3 is 5.32 Å². The topological polar surface area (TPSA) is 37.8 Å². The summed E-state index contributed by atoms with van der Waals surface area (Å²) in [6.45, 7) is 12.1. The van der Waals surface area contributed by atoms with Crippen molar-refractivity contribution in [1.29, 1.82) is 0 Å². The van der Waals surface area contributed by atoms with Crippen molar-refractivity contribution in [3.63, 3.8) is 0 Å². The van der Waals surface area contributed by atoms with E-state index in [2.05, 4.69) is 49.9 Å². The highest BCUT2D eigenvalue weighted by Gasteiger charge is 2.15. The summed E-state index contributed by atoms with van der Waals surface area (Å²) < 4.78 is 0. The predicted molar refractivity (Wildman–Crippen MR) is 85.1 cm³/mol. The molecular weight excluding hydrogens is 254 g/mol. The Balaban J connectivity index is 2.83. The van der Waals surface area contributed by atoms with Crippen molar-refractivity contribution in [2.45, 2.75) is 58.4 Å². The number of hydrogen-bond acceptors (Lipinski definition) is 4. The number of rotatable bonds is 8. The maximum Gasteiger partial charge on any atom is 0.133 e. The molecule has 0 fully saturated rings. The normalized spacial score (nSPS) is 11.3. The van der Waals surface area contributed by atoms with Crippen LogP contribution in [0, 0.1) is 5.92 Å². The number of nitrogens with one attached hydrogen (secondary N) is 1. The summed E-state index contributed by atoms with van der Waals surface area (Å²) in [7, 11) is 0. The first-order valence-electron chi connectivity index (χ1n) is 7.27. The van der Waals surface area contributed by atoms with Crippen LogP contribution in [0.2, 0.25) is 0 Å². The number of nitrogens with zero attached hydrogens (tertiary/aromatic N) is 2. The first-order valence-corrected chi connectivity index (χ1v) is 8.26. The van der Waals surface area contributed by atoms with Crippen molar-refractivity contribution in [2.75, 3.05) is 17.6 Å². The van der Waals surface area contributed by atoms with Crippen molar-refractivity contribution in [1.82, 2.24) is 9.97 Å². The molecule has 0 bridgehead atoms. The Hall–Kier alpha value is -0.770. The summed E-state index contributed by atoms with van der Waals surface area (Å²) in [5.74, 6) is 3.33. The van der Waals surface area contributed by atoms with E-state index in [4.69, 9.17) is 0 Å². The lowest BCUT2D eigenvalue weighted by Gasteiger charge is -2.16. The van der Waals surface area contributed by atoms with Crippen LogP contribution in [-0.4, -0.2) is 22.3 Å². The molecule has 1 heterocycles. The zero-order valence-corrected chi connectivity index (χ0v) is 13.7. The van der Waals surface area contributed by atoms with Crippen molar-refractivity contribution >= 4 is 17.6 Å². The van der Waals surface area contributed by atoms with Gasteiger partial charge in [0.15, 0.2) is 0 Å². The highest BCUT2D eigenvalue weighted by Crippen LogP contribution is 2.31. The standard InChI is InChI=1S/C15H27N3S/c1-6-8-16-14-13(12(4)5)15(18-10-17-14)19-9-7-11(2)3/h10-12H,6-9H2,1-5H3,(H,16,17,18). The Morgan fingerprint density at radius 1 is 1.21 bits per heavy atom. The van der Waals surface area contributed by atoms with E-state index in [1.807, 2.05) is 11.8 Å². The Labute approximate surface area is 122 Å². The quantitative estimate of drug-likeness (QED) is 0.560. The molecule has 1 rings (SSSR count). The van der Waals surface area contributed by atoms with Crippen molar-refractivity contribution in [3.05, 3.63) is 11.9 Å². The molecule has 3 nitrogen and oxygen atoms in total. The van der Waals surface area contributed by atoms with E-state index in [0.717, 1.165) is 35.5 Å². The molecule has 0 amide bonds.